The Balaban J connectivity index is 2.10. The second-order valence-corrected chi connectivity index (χ2v) is 4.64. The summed E-state index contributed by atoms with van der Waals surface area (Å²) in [6.45, 7) is -2.51. The second kappa shape index (κ2) is 6.72. The Morgan fingerprint density at radius 3 is 2.45 bits per heavy atom. The Morgan fingerprint density at radius 1 is 1.20 bits per heavy atom. The van der Waals surface area contributed by atoms with Gasteiger partial charge in [-0.25, -0.2) is 0 Å². The van der Waals surface area contributed by atoms with Crippen molar-refractivity contribution < 1.29 is 13.5 Å². The topological polar surface area (TPSA) is 34.1 Å². The minimum absolute atomic E-state index is 0.0151. The highest BCUT2D eigenvalue weighted by molar-refractivity contribution is 6.37. The third-order valence-corrected chi connectivity index (χ3v) is 2.97. The van der Waals surface area contributed by atoms with Crippen molar-refractivity contribution >= 4 is 28.9 Å². The summed E-state index contributed by atoms with van der Waals surface area (Å²) in [6, 6.07) is 8.46. The van der Waals surface area contributed by atoms with Gasteiger partial charge in [0.25, 0.3) is 0 Å². The van der Waals surface area contributed by atoms with Gasteiger partial charge in [-0.1, -0.05) is 29.3 Å². The summed E-state index contributed by atoms with van der Waals surface area (Å²) in [6.07, 6.45) is 1.68. The number of nitrogens with one attached hydrogen (secondary N) is 1. The number of hydrogen-bond donors (Lipinski definition) is 1. The van der Waals surface area contributed by atoms with Crippen LogP contribution < -0.4 is 10.1 Å². The van der Waals surface area contributed by atoms with E-state index in [-0.39, 0.29) is 15.8 Å². The molecule has 0 spiro atoms. The molecule has 7 heteroatoms. The fourth-order valence-electron chi connectivity index (χ4n) is 1.56. The summed E-state index contributed by atoms with van der Waals surface area (Å²) < 4.78 is 28.6. The Kier molecular flexibility index (Phi) is 4.98. The summed E-state index contributed by atoms with van der Waals surface area (Å²) in [7, 11) is 0. The number of pyridine rings is 1. The highest BCUT2D eigenvalue weighted by Gasteiger charge is 2.14. The van der Waals surface area contributed by atoms with E-state index in [1.807, 2.05) is 18.2 Å². The van der Waals surface area contributed by atoms with Crippen LogP contribution in [-0.4, -0.2) is 11.6 Å². The van der Waals surface area contributed by atoms with Gasteiger partial charge < -0.3 is 10.1 Å². The van der Waals surface area contributed by atoms with Crippen molar-refractivity contribution in [3.05, 3.63) is 52.3 Å². The molecule has 20 heavy (non-hydrogen) atoms. The average Bonchev–Trinajstić information content (AvgIpc) is 2.41. The number of nitrogens with zero attached hydrogens (tertiary/aromatic N) is 1. The zero-order chi connectivity index (χ0) is 14.5. The van der Waals surface area contributed by atoms with Crippen LogP contribution in [0.5, 0.6) is 5.75 Å². The minimum atomic E-state index is -2.97. The molecule has 0 atom stereocenters. The summed E-state index contributed by atoms with van der Waals surface area (Å²) in [4.78, 5) is 4.14. The number of halogens is 4. The standard InChI is InChI=1S/C13H10Cl2F2N2O/c14-10-5-9(6-11(15)12(10)20-13(16)17)19-7-8-3-1-2-4-18-8/h1-6,13,19H,7H2. The number of alkyl halides is 2. The molecule has 0 saturated carbocycles. The SMILES string of the molecule is FC(F)Oc1c(Cl)cc(NCc2ccccn2)cc1Cl. The normalized spacial score (nSPS) is 10.7. The second-order valence-electron chi connectivity index (χ2n) is 3.82. The number of hydrogen-bond acceptors (Lipinski definition) is 3. The van der Waals surface area contributed by atoms with Crippen LogP contribution in [0.1, 0.15) is 5.69 Å². The third kappa shape index (κ3) is 3.95. The van der Waals surface area contributed by atoms with E-state index in [1.54, 1.807) is 6.20 Å². The molecule has 1 aromatic heterocycles. The van der Waals surface area contributed by atoms with E-state index in [0.717, 1.165) is 5.69 Å². The Labute approximate surface area is 124 Å². The monoisotopic (exact) mass is 318 g/mol. The molecule has 3 nitrogen and oxygen atoms in total. The first-order chi connectivity index (χ1) is 9.56. The largest absolute Gasteiger partial charge is 0.432 e. The first-order valence-electron chi connectivity index (χ1n) is 5.64. The molecule has 2 aromatic rings. The first kappa shape index (κ1) is 14.8. The molecular weight excluding hydrogens is 309 g/mol. The number of aromatic nitrogens is 1. The van der Waals surface area contributed by atoms with Crippen molar-refractivity contribution in [2.45, 2.75) is 13.2 Å². The van der Waals surface area contributed by atoms with Gasteiger partial charge in [0.15, 0.2) is 5.75 Å². The molecule has 1 N–H and O–H groups in total. The van der Waals surface area contributed by atoms with Gasteiger partial charge in [-0.3, -0.25) is 4.98 Å². The van der Waals surface area contributed by atoms with E-state index in [0.29, 0.717) is 12.2 Å². The van der Waals surface area contributed by atoms with Crippen LogP contribution in [0.2, 0.25) is 10.0 Å². The molecule has 0 radical (unpaired) electrons. The van der Waals surface area contributed by atoms with Crippen LogP contribution in [0.4, 0.5) is 14.5 Å². The lowest BCUT2D eigenvalue weighted by molar-refractivity contribution is -0.0497. The van der Waals surface area contributed by atoms with Gasteiger partial charge in [-0.05, 0) is 24.3 Å². The Hall–Kier alpha value is -1.59. The van der Waals surface area contributed by atoms with Crippen LogP contribution in [-0.2, 0) is 6.54 Å². The quantitative estimate of drug-likeness (QED) is 0.874. The van der Waals surface area contributed by atoms with Crippen LogP contribution in [0.3, 0.4) is 0 Å². The number of ether oxygens (including phenoxy) is 1. The van der Waals surface area contributed by atoms with Gasteiger partial charge in [0.1, 0.15) is 0 Å². The molecule has 2 rings (SSSR count). The molecule has 106 valence electrons. The van der Waals surface area contributed by atoms with E-state index in [4.69, 9.17) is 23.2 Å². The lowest BCUT2D eigenvalue weighted by atomic mass is 10.3. The summed E-state index contributed by atoms with van der Waals surface area (Å²) in [5, 5.41) is 3.08. The predicted molar refractivity (Wildman–Crippen MR) is 74.7 cm³/mol. The van der Waals surface area contributed by atoms with Crippen molar-refractivity contribution in [1.82, 2.24) is 4.98 Å². The molecule has 0 aliphatic heterocycles. The maximum Gasteiger partial charge on any atom is 0.387 e. The molecule has 0 aliphatic carbocycles. The van der Waals surface area contributed by atoms with Gasteiger partial charge in [0, 0.05) is 11.9 Å². The van der Waals surface area contributed by atoms with Crippen molar-refractivity contribution in [3.63, 3.8) is 0 Å². The molecule has 1 heterocycles. The zero-order valence-electron chi connectivity index (χ0n) is 10.1. The molecule has 0 saturated heterocycles. The van der Waals surface area contributed by atoms with Crippen molar-refractivity contribution in [2.24, 2.45) is 0 Å². The highest BCUT2D eigenvalue weighted by atomic mass is 35.5. The molecular formula is C13H10Cl2F2N2O. The summed E-state index contributed by atoms with van der Waals surface area (Å²) >= 11 is 11.7. The molecule has 0 amide bonds. The van der Waals surface area contributed by atoms with Gasteiger partial charge in [0.05, 0.1) is 22.3 Å². The van der Waals surface area contributed by atoms with Gasteiger partial charge in [-0.15, -0.1) is 0 Å². The van der Waals surface area contributed by atoms with Gasteiger partial charge >= 0.3 is 6.61 Å². The van der Waals surface area contributed by atoms with Crippen LogP contribution >= 0.6 is 23.2 Å². The summed E-state index contributed by atoms with van der Waals surface area (Å²) in [5.41, 5.74) is 1.42. The predicted octanol–water partition coefficient (Wildman–Crippen LogP) is 4.60. The lowest BCUT2D eigenvalue weighted by Crippen LogP contribution is -2.04. The number of rotatable bonds is 5. The molecule has 0 aliphatic rings. The molecule has 0 unspecified atom stereocenters. The van der Waals surface area contributed by atoms with E-state index in [9.17, 15) is 8.78 Å². The molecule has 1 aromatic carbocycles. The van der Waals surface area contributed by atoms with Gasteiger partial charge in [0.2, 0.25) is 0 Å². The maximum atomic E-state index is 12.2. The molecule has 0 fully saturated rings. The van der Waals surface area contributed by atoms with E-state index < -0.39 is 6.61 Å². The van der Waals surface area contributed by atoms with Crippen LogP contribution in [0.15, 0.2) is 36.5 Å². The van der Waals surface area contributed by atoms with Crippen molar-refractivity contribution in [2.75, 3.05) is 5.32 Å². The van der Waals surface area contributed by atoms with E-state index in [1.165, 1.54) is 12.1 Å². The number of anilines is 1. The highest BCUT2D eigenvalue weighted by Crippen LogP contribution is 2.37. The Morgan fingerprint density at radius 2 is 1.90 bits per heavy atom. The van der Waals surface area contributed by atoms with Gasteiger partial charge in [-0.2, -0.15) is 8.78 Å². The lowest BCUT2D eigenvalue weighted by Gasteiger charge is -2.12. The Bertz CT molecular complexity index is 559. The first-order valence-corrected chi connectivity index (χ1v) is 6.39. The van der Waals surface area contributed by atoms with E-state index in [2.05, 4.69) is 15.0 Å². The summed E-state index contributed by atoms with van der Waals surface area (Å²) in [5.74, 6) is -0.230. The zero-order valence-corrected chi connectivity index (χ0v) is 11.6. The molecule has 0 bridgehead atoms. The van der Waals surface area contributed by atoms with Crippen LogP contribution in [0, 0.1) is 0 Å². The fraction of sp³-hybridized carbons (Fsp3) is 0.154. The minimum Gasteiger partial charge on any atom is -0.432 e. The maximum absolute atomic E-state index is 12.2. The van der Waals surface area contributed by atoms with Crippen molar-refractivity contribution in [3.8, 4) is 5.75 Å². The number of benzene rings is 1. The third-order valence-electron chi connectivity index (χ3n) is 2.40. The average molecular weight is 319 g/mol. The smallest absolute Gasteiger partial charge is 0.387 e. The van der Waals surface area contributed by atoms with Crippen LogP contribution in [0.25, 0.3) is 0 Å². The fourth-order valence-corrected chi connectivity index (χ4v) is 2.14. The van der Waals surface area contributed by atoms with Crippen molar-refractivity contribution in [1.29, 1.82) is 0 Å². The van der Waals surface area contributed by atoms with E-state index >= 15 is 0 Å².